The van der Waals surface area contributed by atoms with Gasteiger partial charge >= 0.3 is 5.97 Å². The highest BCUT2D eigenvalue weighted by atomic mass is 32.2. The number of methoxy groups -OCH3 is 1. The van der Waals surface area contributed by atoms with Gasteiger partial charge in [0.15, 0.2) is 5.75 Å². The summed E-state index contributed by atoms with van der Waals surface area (Å²) < 4.78 is 35.3. The Hall–Kier alpha value is -4.14. The Morgan fingerprint density at radius 2 is 1.65 bits per heavy atom. The quantitative estimate of drug-likeness (QED) is 0.291. The van der Waals surface area contributed by atoms with Crippen molar-refractivity contribution in [3.63, 3.8) is 0 Å². The van der Waals surface area contributed by atoms with Crippen molar-refractivity contribution in [1.29, 1.82) is 0 Å². The second-order valence-electron chi connectivity index (χ2n) is 13.8. The van der Waals surface area contributed by atoms with E-state index in [0.29, 0.717) is 66.9 Å². The number of amides is 2. The largest absolute Gasteiger partial charge is 0.494 e. The number of hydrogen-bond acceptors (Lipinski definition) is 8. The number of carboxylic acids is 1. The lowest BCUT2D eigenvalue weighted by molar-refractivity contribution is -0.134. The maximum absolute atomic E-state index is 13.1. The second kappa shape index (κ2) is 13.4. The minimum atomic E-state index is -3.94. The van der Waals surface area contributed by atoms with Gasteiger partial charge in [0.1, 0.15) is 5.69 Å². The van der Waals surface area contributed by atoms with Gasteiger partial charge in [-0.05, 0) is 48.5 Å². The van der Waals surface area contributed by atoms with Gasteiger partial charge in [-0.15, -0.1) is 0 Å². The SMILES string of the molecule is COc1c(C(N)=O)cc(C(C)(C)C)c(-c2c(C(=O)O)n(C)c3c(CN4CCN(C(=O)CN5CCCC5)CC4)cccc23)c1NS(C)(=O)=O. The van der Waals surface area contributed by atoms with Gasteiger partial charge in [0.2, 0.25) is 15.9 Å². The molecule has 0 bridgehead atoms. The lowest BCUT2D eigenvalue weighted by atomic mass is 9.79. The fourth-order valence-electron chi connectivity index (χ4n) is 7.05. The van der Waals surface area contributed by atoms with E-state index in [1.165, 1.54) is 7.11 Å². The molecule has 0 aliphatic carbocycles. The predicted octanol–water partition coefficient (Wildman–Crippen LogP) is 3.06. The molecule has 2 amide bonds. The highest BCUT2D eigenvalue weighted by Crippen LogP contribution is 2.49. The molecule has 0 radical (unpaired) electrons. The molecule has 2 aliphatic rings. The van der Waals surface area contributed by atoms with Crippen LogP contribution in [0.15, 0.2) is 24.3 Å². The van der Waals surface area contributed by atoms with E-state index in [1.54, 1.807) is 17.7 Å². The number of anilines is 1. The number of likely N-dealkylation sites (tertiary alicyclic amines) is 1. The van der Waals surface area contributed by atoms with E-state index in [1.807, 2.05) is 43.9 Å². The number of sulfonamides is 1. The number of aromatic carboxylic acids is 1. The van der Waals surface area contributed by atoms with Gasteiger partial charge < -0.3 is 25.0 Å². The molecule has 2 aromatic carbocycles. The van der Waals surface area contributed by atoms with Gasteiger partial charge in [-0.2, -0.15) is 0 Å². The van der Waals surface area contributed by atoms with Crippen LogP contribution < -0.4 is 15.2 Å². The summed E-state index contributed by atoms with van der Waals surface area (Å²) in [6.45, 7) is 11.2. The van der Waals surface area contributed by atoms with Crippen molar-refractivity contribution in [2.24, 2.45) is 12.8 Å². The topological polar surface area (TPSA) is 168 Å². The van der Waals surface area contributed by atoms with E-state index in [9.17, 15) is 27.9 Å². The summed E-state index contributed by atoms with van der Waals surface area (Å²) in [7, 11) is -0.959. The average Bonchev–Trinajstić information content (AvgIpc) is 3.61. The minimum Gasteiger partial charge on any atom is -0.494 e. The number of nitrogens with zero attached hydrogens (tertiary/aromatic N) is 4. The first kappa shape index (κ1) is 35.2. The van der Waals surface area contributed by atoms with E-state index in [2.05, 4.69) is 14.5 Å². The molecule has 3 aromatic rings. The van der Waals surface area contributed by atoms with Crippen molar-refractivity contribution < 1.29 is 32.6 Å². The van der Waals surface area contributed by atoms with Crippen LogP contribution in [0.4, 0.5) is 5.69 Å². The number of nitrogens with two attached hydrogens (primary N) is 1. The Morgan fingerprint density at radius 3 is 2.19 bits per heavy atom. The highest BCUT2D eigenvalue weighted by molar-refractivity contribution is 7.92. The molecule has 48 heavy (non-hydrogen) atoms. The third-order valence-electron chi connectivity index (χ3n) is 9.27. The third-order valence-corrected chi connectivity index (χ3v) is 9.85. The van der Waals surface area contributed by atoms with E-state index < -0.39 is 27.3 Å². The number of primary amides is 1. The molecular weight excluding hydrogens is 636 g/mol. The van der Waals surface area contributed by atoms with Crippen molar-refractivity contribution in [1.82, 2.24) is 19.3 Å². The smallest absolute Gasteiger partial charge is 0.353 e. The molecule has 0 saturated carbocycles. The monoisotopic (exact) mass is 682 g/mol. The Morgan fingerprint density at radius 1 is 1.00 bits per heavy atom. The Kier molecular flexibility index (Phi) is 9.82. The first-order valence-electron chi connectivity index (χ1n) is 16.1. The Bertz CT molecular complexity index is 1860. The first-order valence-corrected chi connectivity index (χ1v) is 18.0. The Balaban J connectivity index is 1.63. The molecule has 3 heterocycles. The van der Waals surface area contributed by atoms with Gasteiger partial charge in [0, 0.05) is 56.3 Å². The fraction of sp³-hybridized carbons (Fsp3) is 0.500. The van der Waals surface area contributed by atoms with Crippen LogP contribution in [0.3, 0.4) is 0 Å². The van der Waals surface area contributed by atoms with Gasteiger partial charge in [-0.25, -0.2) is 13.2 Å². The molecule has 0 atom stereocenters. The van der Waals surface area contributed by atoms with Crippen molar-refractivity contribution in [3.05, 3.63) is 46.6 Å². The summed E-state index contributed by atoms with van der Waals surface area (Å²) in [4.78, 5) is 45.0. The number of nitrogens with one attached hydrogen (secondary N) is 1. The number of rotatable bonds is 10. The van der Waals surface area contributed by atoms with Gasteiger partial charge in [-0.3, -0.25) is 24.1 Å². The van der Waals surface area contributed by atoms with Crippen LogP contribution >= 0.6 is 0 Å². The molecule has 0 spiro atoms. The van der Waals surface area contributed by atoms with Crippen LogP contribution in [0.1, 0.15) is 65.6 Å². The zero-order chi connectivity index (χ0) is 35.1. The molecule has 14 heteroatoms. The summed E-state index contributed by atoms with van der Waals surface area (Å²) in [5.41, 5.74) is 7.57. The number of piperazine rings is 1. The number of para-hydroxylation sites is 1. The summed E-state index contributed by atoms with van der Waals surface area (Å²) >= 11 is 0. The van der Waals surface area contributed by atoms with Crippen LogP contribution in [0.2, 0.25) is 0 Å². The standard InChI is InChI=1S/C34H46N6O7S/c1-34(2,3)24-18-23(32(35)42)31(47-5)28(36-48(6,45)46)27(24)26-22-11-9-10-21(29(22)37(4)30(26)33(43)44)19-39-14-16-40(17-15-39)25(41)20-38-12-7-8-13-38/h9-11,18,36H,7-8,12-17,19-20H2,1-6H3,(H2,35,42)(H,43,44). The van der Waals surface area contributed by atoms with Crippen LogP contribution in [0.5, 0.6) is 5.75 Å². The minimum absolute atomic E-state index is 0.0341. The summed E-state index contributed by atoms with van der Waals surface area (Å²) in [5.74, 6) is -1.97. The highest BCUT2D eigenvalue weighted by Gasteiger charge is 2.35. The number of carbonyl (C=O) groups is 3. The van der Waals surface area contributed by atoms with Gasteiger partial charge in [0.05, 0.1) is 36.7 Å². The molecule has 4 N–H and O–H groups in total. The van der Waals surface area contributed by atoms with E-state index >= 15 is 0 Å². The molecule has 5 rings (SSSR count). The number of ether oxygens (including phenoxy) is 1. The number of carboxylic acid groups (broad SMARTS) is 1. The molecular formula is C34H46N6O7S. The van der Waals surface area contributed by atoms with Crippen LogP contribution in [0.25, 0.3) is 22.0 Å². The average molecular weight is 683 g/mol. The number of aromatic nitrogens is 1. The van der Waals surface area contributed by atoms with Crippen LogP contribution in [0, 0.1) is 0 Å². The molecule has 13 nitrogen and oxygen atoms in total. The maximum atomic E-state index is 13.1. The van der Waals surface area contributed by atoms with Gasteiger partial charge in [0.25, 0.3) is 5.91 Å². The normalized spacial score (nSPS) is 16.4. The summed E-state index contributed by atoms with van der Waals surface area (Å²) in [6.07, 6.45) is 3.25. The lowest BCUT2D eigenvalue weighted by Crippen LogP contribution is -2.50. The Labute approximate surface area is 281 Å². The third kappa shape index (κ3) is 7.01. The predicted molar refractivity (Wildman–Crippen MR) is 185 cm³/mol. The number of hydrogen-bond donors (Lipinski definition) is 3. The summed E-state index contributed by atoms with van der Waals surface area (Å²) in [5, 5.41) is 11.3. The second-order valence-corrected chi connectivity index (χ2v) is 15.5. The molecule has 0 unspecified atom stereocenters. The molecule has 2 fully saturated rings. The molecule has 2 aliphatic heterocycles. The van der Waals surface area contributed by atoms with Gasteiger partial charge in [-0.1, -0.05) is 39.0 Å². The van der Waals surface area contributed by atoms with E-state index in [4.69, 9.17) is 10.5 Å². The zero-order valence-corrected chi connectivity index (χ0v) is 29.4. The van der Waals surface area contributed by atoms with Crippen molar-refractivity contribution in [3.8, 4) is 16.9 Å². The zero-order valence-electron chi connectivity index (χ0n) is 28.6. The van der Waals surface area contributed by atoms with Crippen molar-refractivity contribution >= 4 is 44.4 Å². The maximum Gasteiger partial charge on any atom is 0.353 e. The van der Waals surface area contributed by atoms with E-state index in [0.717, 1.165) is 37.8 Å². The number of fused-ring (bicyclic) bond motifs is 1. The van der Waals surface area contributed by atoms with Crippen LogP contribution in [-0.2, 0) is 33.8 Å². The molecule has 2 saturated heterocycles. The molecule has 260 valence electrons. The van der Waals surface area contributed by atoms with E-state index in [-0.39, 0.29) is 28.6 Å². The first-order chi connectivity index (χ1) is 22.5. The van der Waals surface area contributed by atoms with Crippen molar-refractivity contribution in [2.75, 3.05) is 63.9 Å². The fourth-order valence-corrected chi connectivity index (χ4v) is 7.62. The van der Waals surface area contributed by atoms with Crippen molar-refractivity contribution in [2.45, 2.75) is 45.6 Å². The molecule has 1 aromatic heterocycles. The lowest BCUT2D eigenvalue weighted by Gasteiger charge is -2.35. The number of aryl methyl sites for hydroxylation is 1. The number of carbonyl (C=O) groups excluding carboxylic acids is 2. The summed E-state index contributed by atoms with van der Waals surface area (Å²) in [6, 6.07) is 7.20. The van der Waals surface area contributed by atoms with Crippen LogP contribution in [-0.4, -0.2) is 110 Å². The number of benzene rings is 2.